The number of thioether (sulfide) groups is 1. The number of hydroxylamine groups is 2. The van der Waals surface area contributed by atoms with Crippen LogP contribution in [0.4, 0.5) is 18.0 Å². The monoisotopic (exact) mass is 812 g/mol. The summed E-state index contributed by atoms with van der Waals surface area (Å²) in [4.78, 5) is 56.6. The predicted octanol–water partition coefficient (Wildman–Crippen LogP) is 2.79. The lowest BCUT2D eigenvalue weighted by molar-refractivity contribution is -0.178. The second kappa shape index (κ2) is 29.2. The first-order valence-electron chi connectivity index (χ1n) is 18.2. The highest BCUT2D eigenvalue weighted by Crippen LogP contribution is 2.31. The SMILES string of the molecule is NCCOCCOCCOCCN(CCOCCOCCOCCN)C(=O)CCCCC(CSc1ccc(C(F)(F)F)cc1)OC(=O)ON1C(=O)CCC1=O. The molecule has 0 aliphatic carbocycles. The first-order valence-corrected chi connectivity index (χ1v) is 19.2. The second-order valence-corrected chi connectivity index (χ2v) is 13.0. The van der Waals surface area contributed by atoms with Crippen molar-refractivity contribution in [3.05, 3.63) is 29.8 Å². The van der Waals surface area contributed by atoms with Crippen molar-refractivity contribution in [1.82, 2.24) is 9.96 Å². The van der Waals surface area contributed by atoms with Crippen LogP contribution in [0.1, 0.15) is 44.1 Å². The zero-order chi connectivity index (χ0) is 40.2. The van der Waals surface area contributed by atoms with Gasteiger partial charge in [0.2, 0.25) is 5.91 Å². The van der Waals surface area contributed by atoms with E-state index < -0.39 is 35.8 Å². The Labute approximate surface area is 323 Å². The number of carbonyl (C=O) groups excluding carboxylic acids is 4. The number of hydrogen-bond donors (Lipinski definition) is 2. The van der Waals surface area contributed by atoms with Crippen LogP contribution in [0.5, 0.6) is 0 Å². The van der Waals surface area contributed by atoms with Crippen molar-refractivity contribution in [2.24, 2.45) is 11.5 Å². The van der Waals surface area contributed by atoms with Gasteiger partial charge in [0, 0.05) is 56.1 Å². The standard InChI is InChI=1S/C35H55F3N4O12S/c36-35(37,38)28-5-7-30(8-6-28)55-27-29(53-34(46)54-42-32(44)9-10-33(42)45)3-1-2-4-31(43)41(13-17-49-21-25-51-23-19-47-15-11-39)14-18-50-22-26-52-24-20-48-16-12-40/h5-8,29H,1-4,9-27,39-40H2. The van der Waals surface area contributed by atoms with Crippen LogP contribution in [-0.2, 0) is 58.6 Å². The maximum Gasteiger partial charge on any atom is 0.534 e. The van der Waals surface area contributed by atoms with E-state index in [0.717, 1.165) is 23.9 Å². The Morgan fingerprint density at radius 3 is 1.67 bits per heavy atom. The molecule has 1 heterocycles. The molecule has 4 N–H and O–H groups in total. The number of ether oxygens (including phenoxy) is 7. The number of unbranched alkanes of at least 4 members (excludes halogenated alkanes) is 1. The number of benzene rings is 1. The number of hydrogen-bond acceptors (Lipinski definition) is 15. The number of imide groups is 1. The van der Waals surface area contributed by atoms with E-state index in [-0.39, 0.29) is 50.6 Å². The van der Waals surface area contributed by atoms with Crippen molar-refractivity contribution in [3.8, 4) is 0 Å². The summed E-state index contributed by atoms with van der Waals surface area (Å²) in [6.07, 6.45) is -5.48. The fourth-order valence-electron chi connectivity index (χ4n) is 4.76. The summed E-state index contributed by atoms with van der Waals surface area (Å²) in [5.41, 5.74) is 9.96. The Bertz CT molecular complexity index is 1200. The molecule has 1 atom stereocenters. The number of alkyl halides is 3. The smallest absolute Gasteiger partial charge is 0.428 e. The summed E-state index contributed by atoms with van der Waals surface area (Å²) in [6, 6.07) is 4.53. The van der Waals surface area contributed by atoms with Crippen LogP contribution in [0.15, 0.2) is 29.2 Å². The molecule has 1 aromatic carbocycles. The van der Waals surface area contributed by atoms with Gasteiger partial charge in [-0.1, -0.05) is 5.06 Å². The highest BCUT2D eigenvalue weighted by atomic mass is 32.2. The quantitative estimate of drug-likeness (QED) is 0.0466. The first kappa shape index (κ1) is 48.1. The maximum atomic E-state index is 13.3. The van der Waals surface area contributed by atoms with E-state index in [1.807, 2.05) is 0 Å². The van der Waals surface area contributed by atoms with Gasteiger partial charge in [-0.05, 0) is 43.5 Å². The van der Waals surface area contributed by atoms with Crippen LogP contribution in [0, 0.1) is 0 Å². The van der Waals surface area contributed by atoms with Gasteiger partial charge in [0.15, 0.2) is 0 Å². The molecule has 16 nitrogen and oxygen atoms in total. The Morgan fingerprint density at radius 1 is 0.727 bits per heavy atom. The van der Waals surface area contributed by atoms with Gasteiger partial charge >= 0.3 is 12.3 Å². The van der Waals surface area contributed by atoms with Crippen LogP contribution in [-0.4, -0.2) is 151 Å². The van der Waals surface area contributed by atoms with Crippen LogP contribution in [0.2, 0.25) is 0 Å². The number of halogens is 3. The Kier molecular flexibility index (Phi) is 25.5. The molecule has 3 amide bonds. The van der Waals surface area contributed by atoms with E-state index in [1.54, 1.807) is 4.90 Å². The number of nitrogens with zero attached hydrogens (tertiary/aromatic N) is 2. The fourth-order valence-corrected chi connectivity index (χ4v) is 5.70. The fraction of sp³-hybridized carbons (Fsp3) is 0.714. The number of carbonyl (C=O) groups is 4. The molecular formula is C35H55F3N4O12S. The topological polar surface area (TPSA) is 201 Å². The molecule has 314 valence electrons. The Balaban J connectivity index is 1.87. The Hall–Kier alpha value is -3.08. The first-order chi connectivity index (χ1) is 26.5. The average molecular weight is 813 g/mol. The third kappa shape index (κ3) is 22.3. The molecule has 1 unspecified atom stereocenters. The van der Waals surface area contributed by atoms with Gasteiger partial charge in [0.25, 0.3) is 11.8 Å². The van der Waals surface area contributed by atoms with Crippen molar-refractivity contribution in [3.63, 3.8) is 0 Å². The molecule has 1 aliphatic rings. The van der Waals surface area contributed by atoms with E-state index in [4.69, 9.17) is 49.5 Å². The normalized spacial score (nSPS) is 13.7. The lowest BCUT2D eigenvalue weighted by Crippen LogP contribution is -2.37. The summed E-state index contributed by atoms with van der Waals surface area (Å²) in [7, 11) is 0. The maximum absolute atomic E-state index is 13.3. The van der Waals surface area contributed by atoms with Gasteiger partial charge in [0.05, 0.1) is 84.8 Å². The molecule has 0 aromatic heterocycles. The Morgan fingerprint density at radius 2 is 1.20 bits per heavy atom. The van der Waals surface area contributed by atoms with E-state index in [1.165, 1.54) is 12.1 Å². The van der Waals surface area contributed by atoms with Crippen LogP contribution in [0.3, 0.4) is 0 Å². The van der Waals surface area contributed by atoms with Crippen molar-refractivity contribution in [2.75, 3.05) is 111 Å². The summed E-state index contributed by atoms with van der Waals surface area (Å²) < 4.78 is 77.2. The van der Waals surface area contributed by atoms with Gasteiger partial charge in [-0.2, -0.15) is 13.2 Å². The van der Waals surface area contributed by atoms with Crippen molar-refractivity contribution in [1.29, 1.82) is 0 Å². The minimum Gasteiger partial charge on any atom is -0.428 e. The van der Waals surface area contributed by atoms with Crippen molar-refractivity contribution < 1.29 is 70.3 Å². The summed E-state index contributed by atoms with van der Waals surface area (Å²) in [5, 5.41) is 0.364. The molecule has 0 bridgehead atoms. The number of rotatable bonds is 32. The van der Waals surface area contributed by atoms with Gasteiger partial charge in [-0.15, -0.1) is 11.8 Å². The van der Waals surface area contributed by atoms with Gasteiger partial charge in [-0.25, -0.2) is 4.79 Å². The molecule has 1 aromatic rings. The molecule has 1 aliphatic heterocycles. The zero-order valence-electron chi connectivity index (χ0n) is 31.1. The third-order valence-corrected chi connectivity index (χ3v) is 8.74. The third-order valence-electron chi connectivity index (χ3n) is 7.59. The molecule has 1 fully saturated rings. The minimum absolute atomic E-state index is 0.0942. The van der Waals surface area contributed by atoms with E-state index >= 15 is 0 Å². The molecule has 1 saturated heterocycles. The molecular weight excluding hydrogens is 757 g/mol. The molecule has 2 rings (SSSR count). The summed E-state index contributed by atoms with van der Waals surface area (Å²) in [5.74, 6) is -1.36. The lowest BCUT2D eigenvalue weighted by Gasteiger charge is -2.23. The molecule has 0 spiro atoms. The van der Waals surface area contributed by atoms with Gasteiger partial charge in [0.1, 0.15) is 6.10 Å². The largest absolute Gasteiger partial charge is 0.534 e. The van der Waals surface area contributed by atoms with E-state index in [0.29, 0.717) is 115 Å². The summed E-state index contributed by atoms with van der Waals surface area (Å²) in [6.45, 7) is 6.03. The highest BCUT2D eigenvalue weighted by Gasteiger charge is 2.34. The number of amides is 3. The van der Waals surface area contributed by atoms with Crippen molar-refractivity contribution >= 4 is 35.6 Å². The predicted molar refractivity (Wildman–Crippen MR) is 193 cm³/mol. The van der Waals surface area contributed by atoms with Crippen LogP contribution >= 0.6 is 11.8 Å². The zero-order valence-corrected chi connectivity index (χ0v) is 32.0. The molecule has 55 heavy (non-hydrogen) atoms. The minimum atomic E-state index is -4.49. The van der Waals surface area contributed by atoms with E-state index in [2.05, 4.69) is 0 Å². The molecule has 0 radical (unpaired) electrons. The van der Waals surface area contributed by atoms with Crippen LogP contribution in [0.25, 0.3) is 0 Å². The average Bonchev–Trinajstić information content (AvgIpc) is 3.47. The highest BCUT2D eigenvalue weighted by molar-refractivity contribution is 7.99. The van der Waals surface area contributed by atoms with E-state index in [9.17, 15) is 32.3 Å². The van der Waals surface area contributed by atoms with Crippen molar-refractivity contribution in [2.45, 2.75) is 55.7 Å². The van der Waals surface area contributed by atoms with Crippen LogP contribution < -0.4 is 11.5 Å². The lowest BCUT2D eigenvalue weighted by atomic mass is 10.1. The van der Waals surface area contributed by atoms with Gasteiger partial charge in [-0.3, -0.25) is 19.2 Å². The number of nitrogens with two attached hydrogens (primary N) is 2. The molecule has 20 heteroatoms. The van der Waals surface area contributed by atoms with Gasteiger partial charge < -0.3 is 49.5 Å². The molecule has 0 saturated carbocycles. The summed E-state index contributed by atoms with van der Waals surface area (Å²) >= 11 is 1.15. The second-order valence-electron chi connectivity index (χ2n) is 11.9.